The van der Waals surface area contributed by atoms with E-state index < -0.39 is 0 Å². The van der Waals surface area contributed by atoms with Gasteiger partial charge in [-0.05, 0) is 24.9 Å². The molecular formula is C13H21N7S. The molecule has 2 rings (SSSR count). The Morgan fingerprint density at radius 2 is 2.05 bits per heavy atom. The van der Waals surface area contributed by atoms with Gasteiger partial charge in [0.05, 0.1) is 0 Å². The molecular weight excluding hydrogens is 286 g/mol. The molecule has 114 valence electrons. The van der Waals surface area contributed by atoms with Crippen molar-refractivity contribution in [3.63, 3.8) is 0 Å². The van der Waals surface area contributed by atoms with Crippen LogP contribution in [0.4, 0.5) is 11.9 Å². The van der Waals surface area contributed by atoms with Crippen molar-refractivity contribution in [2.24, 2.45) is 0 Å². The third kappa shape index (κ3) is 5.22. The summed E-state index contributed by atoms with van der Waals surface area (Å²) >= 11 is 1.90. The van der Waals surface area contributed by atoms with Crippen LogP contribution in [0, 0.1) is 0 Å². The molecule has 2 aromatic heterocycles. The second-order valence-electron chi connectivity index (χ2n) is 4.62. The highest BCUT2D eigenvalue weighted by molar-refractivity contribution is 7.98. The topological polar surface area (TPSA) is 94.5 Å². The summed E-state index contributed by atoms with van der Waals surface area (Å²) in [6.45, 7) is 0.839. The predicted octanol–water partition coefficient (Wildman–Crippen LogP) is 1.97. The first kappa shape index (κ1) is 15.6. The van der Waals surface area contributed by atoms with Crippen LogP contribution in [0.25, 0.3) is 5.95 Å². The number of imidazole rings is 1. The lowest BCUT2D eigenvalue weighted by Gasteiger charge is -2.07. The summed E-state index contributed by atoms with van der Waals surface area (Å²) in [5.74, 6) is 2.43. The van der Waals surface area contributed by atoms with Gasteiger partial charge >= 0.3 is 0 Å². The molecule has 21 heavy (non-hydrogen) atoms. The zero-order chi connectivity index (χ0) is 14.9. The molecule has 0 aliphatic carbocycles. The zero-order valence-corrected chi connectivity index (χ0v) is 13.0. The minimum Gasteiger partial charge on any atom is -0.368 e. The normalized spacial score (nSPS) is 10.7. The molecule has 0 atom stereocenters. The molecule has 0 bridgehead atoms. The molecule has 0 amide bonds. The van der Waals surface area contributed by atoms with Gasteiger partial charge in [0.15, 0.2) is 0 Å². The fraction of sp³-hybridized carbons (Fsp3) is 0.538. The van der Waals surface area contributed by atoms with Crippen molar-refractivity contribution in [3.05, 3.63) is 18.7 Å². The first-order valence-corrected chi connectivity index (χ1v) is 8.41. The van der Waals surface area contributed by atoms with Gasteiger partial charge < -0.3 is 11.1 Å². The third-order valence-corrected chi connectivity index (χ3v) is 3.63. The molecule has 0 aromatic carbocycles. The van der Waals surface area contributed by atoms with Crippen molar-refractivity contribution in [3.8, 4) is 5.95 Å². The summed E-state index contributed by atoms with van der Waals surface area (Å²) in [6, 6.07) is 0. The van der Waals surface area contributed by atoms with Gasteiger partial charge in [0.2, 0.25) is 17.8 Å². The number of nitrogen functional groups attached to an aromatic ring is 1. The number of nitrogens with zero attached hydrogens (tertiary/aromatic N) is 5. The molecule has 0 saturated carbocycles. The van der Waals surface area contributed by atoms with Crippen LogP contribution in [0.5, 0.6) is 0 Å². The molecule has 0 saturated heterocycles. The van der Waals surface area contributed by atoms with Gasteiger partial charge in [-0.15, -0.1) is 0 Å². The molecule has 3 N–H and O–H groups in total. The summed E-state index contributed by atoms with van der Waals surface area (Å²) in [4.78, 5) is 16.5. The van der Waals surface area contributed by atoms with Gasteiger partial charge in [-0.3, -0.25) is 4.57 Å². The van der Waals surface area contributed by atoms with E-state index in [-0.39, 0.29) is 5.95 Å². The minimum atomic E-state index is 0.205. The van der Waals surface area contributed by atoms with E-state index in [1.54, 1.807) is 23.3 Å². The predicted molar refractivity (Wildman–Crippen MR) is 86.7 cm³/mol. The van der Waals surface area contributed by atoms with Crippen molar-refractivity contribution < 1.29 is 0 Å². The van der Waals surface area contributed by atoms with Gasteiger partial charge in [0.1, 0.15) is 6.33 Å². The molecule has 2 aromatic rings. The molecule has 0 unspecified atom stereocenters. The molecule has 0 aliphatic rings. The molecule has 0 aliphatic heterocycles. The number of hydrogen-bond donors (Lipinski definition) is 2. The highest BCUT2D eigenvalue weighted by Gasteiger charge is 2.05. The lowest BCUT2D eigenvalue weighted by Crippen LogP contribution is -2.11. The Morgan fingerprint density at radius 3 is 2.81 bits per heavy atom. The van der Waals surface area contributed by atoms with Gasteiger partial charge in [0.25, 0.3) is 0 Å². The van der Waals surface area contributed by atoms with E-state index in [0.29, 0.717) is 11.9 Å². The van der Waals surface area contributed by atoms with Crippen LogP contribution in [-0.4, -0.2) is 43.1 Å². The fourth-order valence-electron chi connectivity index (χ4n) is 1.88. The number of hydrogen-bond acceptors (Lipinski definition) is 7. The van der Waals surface area contributed by atoms with Gasteiger partial charge in [0, 0.05) is 18.9 Å². The van der Waals surface area contributed by atoms with E-state index in [4.69, 9.17) is 5.73 Å². The van der Waals surface area contributed by atoms with Gasteiger partial charge in [-0.1, -0.05) is 12.8 Å². The number of aromatic nitrogens is 5. The smallest absolute Gasteiger partial charge is 0.241 e. The summed E-state index contributed by atoms with van der Waals surface area (Å²) < 4.78 is 1.70. The van der Waals surface area contributed by atoms with E-state index in [1.165, 1.54) is 25.0 Å². The van der Waals surface area contributed by atoms with Crippen LogP contribution < -0.4 is 11.1 Å². The van der Waals surface area contributed by atoms with Gasteiger partial charge in [-0.25, -0.2) is 4.98 Å². The summed E-state index contributed by atoms with van der Waals surface area (Å²) in [6.07, 6.45) is 12.1. The number of unbranched alkanes of at least 4 members (excludes halogenated alkanes) is 3. The lowest BCUT2D eigenvalue weighted by molar-refractivity contribution is 0.687. The number of nitrogens with one attached hydrogen (secondary N) is 1. The Balaban J connectivity index is 1.81. The van der Waals surface area contributed by atoms with Crippen LogP contribution in [-0.2, 0) is 0 Å². The van der Waals surface area contributed by atoms with Gasteiger partial charge in [-0.2, -0.15) is 26.7 Å². The second kappa shape index (κ2) is 8.46. The maximum Gasteiger partial charge on any atom is 0.241 e. The van der Waals surface area contributed by atoms with Crippen LogP contribution in [0.15, 0.2) is 18.7 Å². The van der Waals surface area contributed by atoms with Crippen molar-refractivity contribution >= 4 is 23.7 Å². The summed E-state index contributed by atoms with van der Waals surface area (Å²) in [7, 11) is 0. The van der Waals surface area contributed by atoms with E-state index in [9.17, 15) is 0 Å². The Morgan fingerprint density at radius 1 is 1.19 bits per heavy atom. The van der Waals surface area contributed by atoms with Crippen molar-refractivity contribution in [1.82, 2.24) is 24.5 Å². The maximum atomic E-state index is 5.71. The Kier molecular flexibility index (Phi) is 6.26. The van der Waals surface area contributed by atoms with Crippen molar-refractivity contribution in [2.75, 3.05) is 29.6 Å². The number of thioether (sulfide) groups is 1. The fourth-order valence-corrected chi connectivity index (χ4v) is 2.37. The van der Waals surface area contributed by atoms with E-state index in [1.807, 2.05) is 11.8 Å². The number of rotatable bonds is 9. The van der Waals surface area contributed by atoms with Crippen molar-refractivity contribution in [2.45, 2.75) is 25.7 Å². The molecule has 0 fully saturated rings. The van der Waals surface area contributed by atoms with Crippen LogP contribution >= 0.6 is 11.8 Å². The highest BCUT2D eigenvalue weighted by Crippen LogP contribution is 2.08. The molecule has 2 heterocycles. The SMILES string of the molecule is CSCCCCCCNc1nc(N)nc(-n2ccnc2)n1. The minimum absolute atomic E-state index is 0.205. The first-order chi connectivity index (χ1) is 10.3. The zero-order valence-electron chi connectivity index (χ0n) is 12.2. The molecule has 0 spiro atoms. The van der Waals surface area contributed by atoms with Crippen LogP contribution in [0.2, 0.25) is 0 Å². The van der Waals surface area contributed by atoms with E-state index >= 15 is 0 Å². The lowest BCUT2D eigenvalue weighted by atomic mass is 10.2. The number of nitrogens with two attached hydrogens (primary N) is 1. The maximum absolute atomic E-state index is 5.71. The van der Waals surface area contributed by atoms with E-state index in [2.05, 4.69) is 31.5 Å². The van der Waals surface area contributed by atoms with Crippen LogP contribution in [0.3, 0.4) is 0 Å². The van der Waals surface area contributed by atoms with E-state index in [0.717, 1.165) is 13.0 Å². The Labute approximate surface area is 128 Å². The average Bonchev–Trinajstić information content (AvgIpc) is 3.00. The standard InChI is InChI=1S/C13H21N7S/c1-21-9-5-3-2-4-6-16-12-17-11(14)18-13(19-12)20-8-7-15-10-20/h7-8,10H,2-6,9H2,1H3,(H3,14,16,17,18,19). The monoisotopic (exact) mass is 307 g/mol. The number of anilines is 2. The average molecular weight is 307 g/mol. The second-order valence-corrected chi connectivity index (χ2v) is 5.61. The molecule has 7 nitrogen and oxygen atoms in total. The Bertz CT molecular complexity index is 529. The summed E-state index contributed by atoms with van der Waals surface area (Å²) in [5, 5.41) is 3.20. The quantitative estimate of drug-likeness (QED) is 0.684. The first-order valence-electron chi connectivity index (χ1n) is 7.02. The Hall–Kier alpha value is -1.83. The highest BCUT2D eigenvalue weighted by atomic mass is 32.2. The largest absolute Gasteiger partial charge is 0.368 e. The third-order valence-electron chi connectivity index (χ3n) is 2.93. The molecule has 8 heteroatoms. The van der Waals surface area contributed by atoms with Crippen molar-refractivity contribution in [1.29, 1.82) is 0 Å². The summed E-state index contributed by atoms with van der Waals surface area (Å²) in [5.41, 5.74) is 5.71. The molecule has 0 radical (unpaired) electrons. The van der Waals surface area contributed by atoms with Crippen LogP contribution in [0.1, 0.15) is 25.7 Å².